The third kappa shape index (κ3) is 4.13. The number of rotatable bonds is 8. The van der Waals surface area contributed by atoms with Crippen molar-refractivity contribution in [1.29, 1.82) is 0 Å². The Hall–Kier alpha value is -2.83. The summed E-state index contributed by atoms with van der Waals surface area (Å²) in [6, 6.07) is 8.29. The number of aromatic hydroxyl groups is 1. The molecule has 0 aliphatic carbocycles. The number of phenolic OH excluding ortho intramolecular Hbond substituents is 1. The maximum absolute atomic E-state index is 11.3. The third-order valence-corrected chi connectivity index (χ3v) is 3.91. The fraction of sp³-hybridized carbons (Fsp3) is 0.353. The highest BCUT2D eigenvalue weighted by Gasteiger charge is 2.25. The van der Waals surface area contributed by atoms with Gasteiger partial charge in [-0.2, -0.15) is 9.81 Å². The van der Waals surface area contributed by atoms with Gasteiger partial charge in [0.2, 0.25) is 0 Å². The molecule has 2 atom stereocenters. The van der Waals surface area contributed by atoms with Gasteiger partial charge < -0.3 is 9.84 Å². The topological polar surface area (TPSA) is 105 Å². The molecule has 2 rings (SSSR count). The molecule has 7 nitrogen and oxygen atoms in total. The molecular weight excluding hydrogens is 312 g/mol. The van der Waals surface area contributed by atoms with Crippen LogP contribution in [0.2, 0.25) is 0 Å². The van der Waals surface area contributed by atoms with Crippen LogP contribution in [0.25, 0.3) is 10.8 Å². The molecule has 0 aromatic heterocycles. The van der Waals surface area contributed by atoms with Crippen molar-refractivity contribution in [3.8, 4) is 5.75 Å². The van der Waals surface area contributed by atoms with Gasteiger partial charge in [-0.3, -0.25) is 4.79 Å². The van der Waals surface area contributed by atoms with E-state index < -0.39 is 12.1 Å². The van der Waals surface area contributed by atoms with Crippen molar-refractivity contribution in [3.63, 3.8) is 0 Å². The molecule has 0 aliphatic rings. The van der Waals surface area contributed by atoms with Gasteiger partial charge >= 0.3 is 5.97 Å². The Balaban J connectivity index is 2.18. The Morgan fingerprint density at radius 2 is 1.83 bits per heavy atom. The maximum Gasteiger partial charge on any atom is 0.305 e. The summed E-state index contributed by atoms with van der Waals surface area (Å²) in [4.78, 5) is 33.5. The number of carbonyl (C=O) groups excluding carboxylic acids is 1. The lowest BCUT2D eigenvalue weighted by atomic mass is 9.94. The standard InChI is InChI=1S/C17H18N2O5/c1-24-16(21)4-2-3-15(18-22)17(19-23)13-6-5-12-10-14(20)8-7-11(12)9-13/h5-10,15,17,20H,2-4H2,1H3. The van der Waals surface area contributed by atoms with Crippen LogP contribution in [0.1, 0.15) is 30.9 Å². The number of hydrogen-bond acceptors (Lipinski definition) is 7. The molecule has 0 radical (unpaired) electrons. The fourth-order valence-electron chi connectivity index (χ4n) is 2.61. The van der Waals surface area contributed by atoms with E-state index in [0.717, 1.165) is 10.8 Å². The van der Waals surface area contributed by atoms with Gasteiger partial charge in [-0.25, -0.2) is 0 Å². The van der Waals surface area contributed by atoms with E-state index in [1.165, 1.54) is 7.11 Å². The minimum Gasteiger partial charge on any atom is -0.508 e. The third-order valence-electron chi connectivity index (χ3n) is 3.91. The minimum absolute atomic E-state index is 0.149. The lowest BCUT2D eigenvalue weighted by Crippen LogP contribution is -2.15. The summed E-state index contributed by atoms with van der Waals surface area (Å²) >= 11 is 0. The number of nitroso groups, excluding NO2 is 2. The van der Waals surface area contributed by atoms with Crippen molar-refractivity contribution < 1.29 is 14.6 Å². The molecule has 0 aliphatic heterocycles. The molecule has 0 bridgehead atoms. The Bertz CT molecular complexity index is 747. The average Bonchev–Trinajstić information content (AvgIpc) is 2.60. The maximum atomic E-state index is 11.3. The quantitative estimate of drug-likeness (QED) is 0.585. The van der Waals surface area contributed by atoms with Gasteiger partial charge in [-0.15, -0.1) is 0 Å². The van der Waals surface area contributed by atoms with Gasteiger partial charge in [-0.05, 0) is 47.4 Å². The van der Waals surface area contributed by atoms with E-state index in [2.05, 4.69) is 15.1 Å². The van der Waals surface area contributed by atoms with Crippen LogP contribution in [0.5, 0.6) is 5.75 Å². The highest BCUT2D eigenvalue weighted by Crippen LogP contribution is 2.30. The van der Waals surface area contributed by atoms with E-state index in [0.29, 0.717) is 12.0 Å². The minimum atomic E-state index is -0.918. The predicted octanol–water partition coefficient (Wildman–Crippen LogP) is 3.83. The van der Waals surface area contributed by atoms with E-state index in [1.54, 1.807) is 36.4 Å². The van der Waals surface area contributed by atoms with Crippen LogP contribution >= 0.6 is 0 Å². The number of benzene rings is 2. The number of fused-ring (bicyclic) bond motifs is 1. The second-order valence-electron chi connectivity index (χ2n) is 5.48. The van der Waals surface area contributed by atoms with Crippen LogP contribution in [0.4, 0.5) is 0 Å². The molecule has 1 N–H and O–H groups in total. The Labute approximate surface area is 138 Å². The van der Waals surface area contributed by atoms with Crippen molar-refractivity contribution in [2.24, 2.45) is 10.4 Å². The first-order valence-electron chi connectivity index (χ1n) is 7.53. The lowest BCUT2D eigenvalue weighted by molar-refractivity contribution is -0.140. The summed E-state index contributed by atoms with van der Waals surface area (Å²) in [5.74, 6) is -0.226. The normalized spacial score (nSPS) is 13.2. The number of methoxy groups -OCH3 is 1. The summed E-state index contributed by atoms with van der Waals surface area (Å²) in [6.45, 7) is 0. The van der Waals surface area contributed by atoms with Crippen molar-refractivity contribution in [3.05, 3.63) is 51.8 Å². The first kappa shape index (κ1) is 17.5. The first-order chi connectivity index (χ1) is 11.6. The van der Waals surface area contributed by atoms with Crippen LogP contribution in [0.15, 0.2) is 46.8 Å². The molecule has 0 saturated heterocycles. The van der Waals surface area contributed by atoms with Gasteiger partial charge in [0.05, 0.1) is 7.11 Å². The molecule has 7 heteroatoms. The first-order valence-corrected chi connectivity index (χ1v) is 7.53. The molecule has 2 unspecified atom stereocenters. The lowest BCUT2D eigenvalue weighted by Gasteiger charge is -2.16. The Kier molecular flexibility index (Phi) is 5.95. The summed E-state index contributed by atoms with van der Waals surface area (Å²) in [7, 11) is 1.29. The van der Waals surface area contributed by atoms with E-state index in [1.807, 2.05) is 0 Å². The van der Waals surface area contributed by atoms with E-state index in [9.17, 15) is 19.7 Å². The predicted molar refractivity (Wildman–Crippen MR) is 89.6 cm³/mol. The van der Waals surface area contributed by atoms with E-state index in [4.69, 9.17) is 0 Å². The molecule has 126 valence electrons. The van der Waals surface area contributed by atoms with Crippen molar-refractivity contribution in [1.82, 2.24) is 0 Å². The molecule has 0 heterocycles. The van der Waals surface area contributed by atoms with Crippen LogP contribution < -0.4 is 0 Å². The smallest absolute Gasteiger partial charge is 0.305 e. The number of phenols is 1. The molecule has 0 amide bonds. The van der Waals surface area contributed by atoms with Crippen LogP contribution in [-0.4, -0.2) is 24.2 Å². The van der Waals surface area contributed by atoms with Crippen LogP contribution in [-0.2, 0) is 9.53 Å². The number of esters is 1. The second-order valence-corrected chi connectivity index (χ2v) is 5.48. The van der Waals surface area contributed by atoms with Gasteiger partial charge in [-0.1, -0.05) is 28.6 Å². The molecule has 2 aromatic carbocycles. The van der Waals surface area contributed by atoms with Gasteiger partial charge in [0.15, 0.2) is 0 Å². The number of ether oxygens (including phenoxy) is 1. The molecule has 0 saturated carbocycles. The van der Waals surface area contributed by atoms with Crippen molar-refractivity contribution >= 4 is 16.7 Å². The van der Waals surface area contributed by atoms with Crippen LogP contribution in [0, 0.1) is 9.81 Å². The number of carbonyl (C=O) groups is 1. The zero-order valence-corrected chi connectivity index (χ0v) is 13.2. The van der Waals surface area contributed by atoms with Crippen molar-refractivity contribution in [2.45, 2.75) is 31.3 Å². The SMILES string of the molecule is COC(=O)CCCC(N=O)C(N=O)c1ccc2cc(O)ccc2c1. The number of hydrogen-bond donors (Lipinski definition) is 1. The van der Waals surface area contributed by atoms with Crippen LogP contribution in [0.3, 0.4) is 0 Å². The fourth-order valence-corrected chi connectivity index (χ4v) is 2.61. The summed E-state index contributed by atoms with van der Waals surface area (Å²) in [5.41, 5.74) is 0.575. The summed E-state index contributed by atoms with van der Waals surface area (Å²) in [5, 5.41) is 17.2. The van der Waals surface area contributed by atoms with Gasteiger partial charge in [0.25, 0.3) is 0 Å². The summed E-state index contributed by atoms with van der Waals surface area (Å²) in [6.07, 6.45) is 0.810. The van der Waals surface area contributed by atoms with Crippen molar-refractivity contribution in [2.75, 3.05) is 7.11 Å². The zero-order chi connectivity index (χ0) is 17.5. The van der Waals surface area contributed by atoms with E-state index >= 15 is 0 Å². The number of nitrogens with zero attached hydrogens (tertiary/aromatic N) is 2. The monoisotopic (exact) mass is 330 g/mol. The summed E-state index contributed by atoms with van der Waals surface area (Å²) < 4.78 is 4.54. The van der Waals surface area contributed by atoms with E-state index in [-0.39, 0.29) is 24.6 Å². The van der Waals surface area contributed by atoms with Gasteiger partial charge in [0.1, 0.15) is 17.8 Å². The molecule has 0 spiro atoms. The molecule has 24 heavy (non-hydrogen) atoms. The second kappa shape index (κ2) is 8.14. The largest absolute Gasteiger partial charge is 0.508 e. The highest BCUT2D eigenvalue weighted by molar-refractivity contribution is 5.84. The zero-order valence-electron chi connectivity index (χ0n) is 13.2. The Morgan fingerprint density at radius 1 is 1.12 bits per heavy atom. The Morgan fingerprint density at radius 3 is 2.50 bits per heavy atom. The molecular formula is C17H18N2O5. The molecule has 2 aromatic rings. The van der Waals surface area contributed by atoms with Gasteiger partial charge in [0, 0.05) is 6.42 Å². The average molecular weight is 330 g/mol. The molecule has 0 fully saturated rings. The highest BCUT2D eigenvalue weighted by atomic mass is 16.5.